The first kappa shape index (κ1) is 14.3. The summed E-state index contributed by atoms with van der Waals surface area (Å²) in [4.78, 5) is 23.9. The average Bonchev–Trinajstić information content (AvgIpc) is 2.34. The van der Waals surface area contributed by atoms with E-state index in [0.717, 1.165) is 10.6 Å². The molecule has 1 aromatic heterocycles. The van der Waals surface area contributed by atoms with Crippen LogP contribution < -0.4 is 11.2 Å². The molecule has 0 amide bonds. The molecule has 0 N–H and O–H groups in total. The molecule has 0 spiro atoms. The number of halogens is 3. The van der Waals surface area contributed by atoms with E-state index in [9.17, 15) is 14.0 Å². The van der Waals surface area contributed by atoms with Gasteiger partial charge in [0.2, 0.25) is 0 Å². The molecule has 100 valence electrons. The Kier molecular flexibility index (Phi) is 4.10. The van der Waals surface area contributed by atoms with Gasteiger partial charge < -0.3 is 4.57 Å². The minimum absolute atomic E-state index is 0.0153. The van der Waals surface area contributed by atoms with Crippen LogP contribution in [-0.2, 0) is 13.6 Å². The molecule has 0 unspecified atom stereocenters. The van der Waals surface area contributed by atoms with Gasteiger partial charge in [-0.2, -0.15) is 0 Å². The highest BCUT2D eigenvalue weighted by molar-refractivity contribution is 14.1. The van der Waals surface area contributed by atoms with Gasteiger partial charge >= 0.3 is 5.69 Å². The summed E-state index contributed by atoms with van der Waals surface area (Å²) < 4.78 is 15.8. The highest BCUT2D eigenvalue weighted by Gasteiger charge is 2.10. The van der Waals surface area contributed by atoms with Crippen LogP contribution >= 0.6 is 34.2 Å². The fourth-order valence-corrected chi connectivity index (χ4v) is 2.58. The molecule has 0 radical (unpaired) electrons. The second-order valence-electron chi connectivity index (χ2n) is 4.00. The highest BCUT2D eigenvalue weighted by Crippen LogP contribution is 2.17. The van der Waals surface area contributed by atoms with E-state index in [1.165, 1.54) is 22.9 Å². The Morgan fingerprint density at radius 1 is 1.37 bits per heavy atom. The van der Waals surface area contributed by atoms with Crippen molar-refractivity contribution in [2.75, 3.05) is 0 Å². The van der Waals surface area contributed by atoms with Gasteiger partial charge in [-0.1, -0.05) is 17.7 Å². The highest BCUT2D eigenvalue weighted by atomic mass is 127. The van der Waals surface area contributed by atoms with E-state index in [1.54, 1.807) is 7.05 Å². The zero-order chi connectivity index (χ0) is 14.2. The van der Waals surface area contributed by atoms with E-state index in [1.807, 2.05) is 22.6 Å². The van der Waals surface area contributed by atoms with Crippen molar-refractivity contribution in [2.45, 2.75) is 6.54 Å². The maximum atomic E-state index is 13.0. The molecule has 0 aliphatic heterocycles. The van der Waals surface area contributed by atoms with Gasteiger partial charge in [-0.05, 0) is 40.3 Å². The van der Waals surface area contributed by atoms with Crippen LogP contribution in [0.2, 0.25) is 5.02 Å². The monoisotopic (exact) mass is 394 g/mol. The Morgan fingerprint density at radius 3 is 2.68 bits per heavy atom. The van der Waals surface area contributed by atoms with Crippen molar-refractivity contribution in [3.63, 3.8) is 0 Å². The fourth-order valence-electron chi connectivity index (χ4n) is 1.65. The van der Waals surface area contributed by atoms with Crippen LogP contribution in [-0.4, -0.2) is 9.13 Å². The van der Waals surface area contributed by atoms with E-state index in [0.29, 0.717) is 9.13 Å². The molecule has 2 aromatic rings. The lowest BCUT2D eigenvalue weighted by atomic mass is 10.2. The van der Waals surface area contributed by atoms with Gasteiger partial charge in [0.05, 0.1) is 10.1 Å². The molecule has 0 saturated carbocycles. The molecule has 0 fully saturated rings. The Bertz CT molecular complexity index is 720. The maximum absolute atomic E-state index is 13.0. The van der Waals surface area contributed by atoms with Crippen molar-refractivity contribution in [1.29, 1.82) is 0 Å². The summed E-state index contributed by atoms with van der Waals surface area (Å²) >= 11 is 7.76. The van der Waals surface area contributed by atoms with E-state index in [4.69, 9.17) is 11.6 Å². The van der Waals surface area contributed by atoms with Gasteiger partial charge in [0, 0.05) is 18.3 Å². The standard InChI is InChI=1S/C12H9ClFIN2O2/c1-16-6-10(15)11(18)17(12(16)19)5-7-2-3-8(14)4-9(7)13/h2-4,6H,5H2,1H3. The third-order valence-electron chi connectivity index (χ3n) is 2.63. The molecule has 0 saturated heterocycles. The van der Waals surface area contributed by atoms with Gasteiger partial charge in [-0.25, -0.2) is 9.18 Å². The van der Waals surface area contributed by atoms with Crippen LogP contribution in [0.1, 0.15) is 5.56 Å². The number of hydrogen-bond acceptors (Lipinski definition) is 2. The van der Waals surface area contributed by atoms with Crippen LogP contribution in [0, 0.1) is 9.39 Å². The summed E-state index contributed by atoms with van der Waals surface area (Å²) in [5, 5.41) is 0.188. The maximum Gasteiger partial charge on any atom is 0.331 e. The molecule has 0 atom stereocenters. The normalized spacial score (nSPS) is 10.7. The smallest absolute Gasteiger partial charge is 0.302 e. The van der Waals surface area contributed by atoms with Crippen LogP contribution in [0.15, 0.2) is 34.0 Å². The average molecular weight is 395 g/mol. The fraction of sp³-hybridized carbons (Fsp3) is 0.167. The van der Waals surface area contributed by atoms with Gasteiger partial charge in [0.25, 0.3) is 5.56 Å². The van der Waals surface area contributed by atoms with E-state index < -0.39 is 11.5 Å². The van der Waals surface area contributed by atoms with E-state index in [2.05, 4.69) is 0 Å². The Balaban J connectivity index is 2.56. The number of aryl methyl sites for hydroxylation is 1. The van der Waals surface area contributed by atoms with Crippen molar-refractivity contribution >= 4 is 34.2 Å². The molecule has 4 nitrogen and oxygen atoms in total. The molecule has 19 heavy (non-hydrogen) atoms. The first-order valence-corrected chi connectivity index (χ1v) is 6.75. The predicted molar refractivity (Wildman–Crippen MR) is 79.2 cm³/mol. The van der Waals surface area contributed by atoms with Crippen LogP contribution in [0.5, 0.6) is 0 Å². The van der Waals surface area contributed by atoms with Crippen molar-refractivity contribution in [1.82, 2.24) is 9.13 Å². The summed E-state index contributed by atoms with van der Waals surface area (Å²) in [7, 11) is 1.56. The summed E-state index contributed by atoms with van der Waals surface area (Å²) in [6.07, 6.45) is 1.47. The number of rotatable bonds is 2. The van der Waals surface area contributed by atoms with Crippen molar-refractivity contribution < 1.29 is 4.39 Å². The summed E-state index contributed by atoms with van der Waals surface area (Å²) in [6.45, 7) is 0.0153. The Hall–Kier alpha value is -1.15. The SMILES string of the molecule is Cn1cc(I)c(=O)n(Cc2ccc(F)cc2Cl)c1=O. The van der Waals surface area contributed by atoms with E-state index >= 15 is 0 Å². The lowest BCUT2D eigenvalue weighted by Gasteiger charge is -2.09. The summed E-state index contributed by atoms with van der Waals surface area (Å²) in [6, 6.07) is 3.86. The Labute approximate surface area is 126 Å². The summed E-state index contributed by atoms with van der Waals surface area (Å²) in [5.74, 6) is -0.461. The molecule has 1 heterocycles. The third-order valence-corrected chi connectivity index (χ3v) is 3.72. The van der Waals surface area contributed by atoms with Crippen LogP contribution in [0.4, 0.5) is 4.39 Å². The third kappa shape index (κ3) is 2.89. The van der Waals surface area contributed by atoms with Crippen LogP contribution in [0.3, 0.4) is 0 Å². The minimum Gasteiger partial charge on any atom is -0.302 e. The van der Waals surface area contributed by atoms with Crippen molar-refractivity contribution in [3.05, 3.63) is 65.2 Å². The van der Waals surface area contributed by atoms with Gasteiger partial charge in [0.1, 0.15) is 5.82 Å². The molecule has 0 aliphatic rings. The molecule has 1 aromatic carbocycles. The first-order chi connectivity index (χ1) is 8.90. The van der Waals surface area contributed by atoms with Gasteiger partial charge in [-0.15, -0.1) is 0 Å². The number of nitrogens with zero attached hydrogens (tertiary/aromatic N) is 2. The minimum atomic E-state index is -0.461. The van der Waals surface area contributed by atoms with Crippen molar-refractivity contribution in [3.8, 4) is 0 Å². The molecule has 0 bridgehead atoms. The topological polar surface area (TPSA) is 44.0 Å². The second kappa shape index (κ2) is 5.46. The number of aromatic nitrogens is 2. The summed E-state index contributed by atoms with van der Waals surface area (Å²) in [5.41, 5.74) is -0.306. The molecular weight excluding hydrogens is 385 g/mol. The second-order valence-corrected chi connectivity index (χ2v) is 5.57. The molecule has 2 rings (SSSR count). The lowest BCUT2D eigenvalue weighted by molar-refractivity contribution is 0.619. The zero-order valence-corrected chi connectivity index (χ0v) is 12.8. The van der Waals surface area contributed by atoms with Gasteiger partial charge in [0.15, 0.2) is 0 Å². The molecule has 0 aliphatic carbocycles. The lowest BCUT2D eigenvalue weighted by Crippen LogP contribution is -2.40. The zero-order valence-electron chi connectivity index (χ0n) is 9.86. The Morgan fingerprint density at radius 2 is 2.05 bits per heavy atom. The predicted octanol–water partition coefficient (Wildman–Crippen LogP) is 1.99. The molecular formula is C12H9ClFIN2O2. The largest absolute Gasteiger partial charge is 0.331 e. The number of benzene rings is 1. The number of hydrogen-bond donors (Lipinski definition) is 0. The van der Waals surface area contributed by atoms with Crippen molar-refractivity contribution in [2.24, 2.45) is 7.05 Å². The van der Waals surface area contributed by atoms with Crippen LogP contribution in [0.25, 0.3) is 0 Å². The quantitative estimate of drug-likeness (QED) is 0.731. The van der Waals surface area contributed by atoms with E-state index in [-0.39, 0.29) is 17.1 Å². The van der Waals surface area contributed by atoms with Gasteiger partial charge in [-0.3, -0.25) is 9.36 Å². The molecule has 7 heteroatoms. The first-order valence-electron chi connectivity index (χ1n) is 5.30.